The molecule has 4 aromatic rings. The summed E-state index contributed by atoms with van der Waals surface area (Å²) in [5, 5.41) is 6.11. The number of nitrogens with one attached hydrogen (secondary N) is 1. The average Bonchev–Trinajstić information content (AvgIpc) is 3.37. The molecule has 0 bridgehead atoms. The molecule has 8 heteroatoms. The summed E-state index contributed by atoms with van der Waals surface area (Å²) in [4.78, 5) is 22.0. The van der Waals surface area contributed by atoms with Gasteiger partial charge in [0.15, 0.2) is 0 Å². The van der Waals surface area contributed by atoms with E-state index in [1.54, 1.807) is 24.5 Å². The van der Waals surface area contributed by atoms with Gasteiger partial charge in [0.2, 0.25) is 5.91 Å². The molecular weight excluding hydrogens is 397 g/mol. The molecule has 1 amide bonds. The number of amides is 1. The molecule has 1 atom stereocenters. The van der Waals surface area contributed by atoms with Crippen LogP contribution in [0.5, 0.6) is 0 Å². The van der Waals surface area contributed by atoms with Crippen LogP contribution in [0.3, 0.4) is 0 Å². The number of rotatable bonds is 6. The minimum atomic E-state index is -0.353. The smallest absolute Gasteiger partial charge is 0.233 e. The van der Waals surface area contributed by atoms with Crippen molar-refractivity contribution in [2.45, 2.75) is 23.7 Å². The molecule has 0 aliphatic carbocycles. The van der Waals surface area contributed by atoms with Crippen LogP contribution in [0.1, 0.15) is 12.7 Å². The summed E-state index contributed by atoms with van der Waals surface area (Å²) in [6.45, 7) is 2.18. The molecule has 1 aromatic carbocycles. The molecule has 0 radical (unpaired) electrons. The van der Waals surface area contributed by atoms with Crippen molar-refractivity contribution >= 4 is 39.2 Å². The van der Waals surface area contributed by atoms with Gasteiger partial charge in [0, 0.05) is 10.9 Å². The molecule has 3 aromatic heterocycles. The van der Waals surface area contributed by atoms with Gasteiger partial charge in [-0.3, -0.25) is 4.79 Å². The van der Waals surface area contributed by atoms with E-state index in [4.69, 9.17) is 4.42 Å². The van der Waals surface area contributed by atoms with Crippen LogP contribution in [-0.4, -0.2) is 21.1 Å². The first-order chi connectivity index (χ1) is 13.6. The highest BCUT2D eigenvalue weighted by atomic mass is 32.2. The van der Waals surface area contributed by atoms with Gasteiger partial charge in [0.05, 0.1) is 23.4 Å². The number of benzene rings is 1. The number of hydrogen-bond donors (Lipinski definition) is 1. The molecule has 1 N–H and O–H groups in total. The van der Waals surface area contributed by atoms with Crippen LogP contribution >= 0.6 is 23.1 Å². The second-order valence-electron chi connectivity index (χ2n) is 6.07. The first-order valence-electron chi connectivity index (χ1n) is 8.56. The van der Waals surface area contributed by atoms with Gasteiger partial charge < -0.3 is 9.73 Å². The third kappa shape index (κ3) is 3.93. The van der Waals surface area contributed by atoms with Crippen LogP contribution in [-0.2, 0) is 11.3 Å². The van der Waals surface area contributed by atoms with Crippen LogP contribution in [0.4, 0.5) is 4.39 Å². The second kappa shape index (κ2) is 8.12. The summed E-state index contributed by atoms with van der Waals surface area (Å²) in [6.07, 6.45) is 3.08. The highest BCUT2D eigenvalue weighted by molar-refractivity contribution is 8.00. The largest absolute Gasteiger partial charge is 0.467 e. The maximum Gasteiger partial charge on any atom is 0.233 e. The van der Waals surface area contributed by atoms with Crippen LogP contribution in [0.15, 0.2) is 63.8 Å². The Hall–Kier alpha value is -2.71. The van der Waals surface area contributed by atoms with Gasteiger partial charge in [0.1, 0.15) is 27.8 Å². The van der Waals surface area contributed by atoms with E-state index in [0.717, 1.165) is 26.4 Å². The van der Waals surface area contributed by atoms with Crippen LogP contribution in [0.2, 0.25) is 0 Å². The number of fused-ring (bicyclic) bond motifs is 1. The zero-order valence-corrected chi connectivity index (χ0v) is 16.5. The summed E-state index contributed by atoms with van der Waals surface area (Å²) in [7, 11) is 0. The molecule has 28 heavy (non-hydrogen) atoms. The Morgan fingerprint density at radius 1 is 1.29 bits per heavy atom. The number of aromatic nitrogens is 2. The fourth-order valence-corrected chi connectivity index (χ4v) is 4.67. The van der Waals surface area contributed by atoms with Gasteiger partial charge >= 0.3 is 0 Å². The lowest BCUT2D eigenvalue weighted by Gasteiger charge is -2.12. The normalized spacial score (nSPS) is 12.2. The molecule has 0 aliphatic heterocycles. The van der Waals surface area contributed by atoms with E-state index in [1.165, 1.54) is 41.6 Å². The monoisotopic (exact) mass is 413 g/mol. The van der Waals surface area contributed by atoms with Crippen molar-refractivity contribution in [1.29, 1.82) is 0 Å². The number of thiophene rings is 1. The molecule has 1 unspecified atom stereocenters. The Balaban J connectivity index is 1.57. The fourth-order valence-electron chi connectivity index (χ4n) is 2.73. The lowest BCUT2D eigenvalue weighted by Crippen LogP contribution is -2.30. The minimum Gasteiger partial charge on any atom is -0.467 e. The van der Waals surface area contributed by atoms with Gasteiger partial charge in [0.25, 0.3) is 0 Å². The molecule has 0 fully saturated rings. The van der Waals surface area contributed by atoms with Gasteiger partial charge in [-0.05, 0) is 36.8 Å². The van der Waals surface area contributed by atoms with Crippen molar-refractivity contribution in [2.75, 3.05) is 0 Å². The van der Waals surface area contributed by atoms with Crippen LogP contribution < -0.4 is 5.32 Å². The Bertz CT molecular complexity index is 1090. The highest BCUT2D eigenvalue weighted by Crippen LogP contribution is 2.38. The second-order valence-corrected chi connectivity index (χ2v) is 8.26. The van der Waals surface area contributed by atoms with E-state index in [-0.39, 0.29) is 17.0 Å². The summed E-state index contributed by atoms with van der Waals surface area (Å²) >= 11 is 2.87. The number of thioether (sulfide) groups is 1. The topological polar surface area (TPSA) is 68.0 Å². The molecule has 4 rings (SSSR count). The van der Waals surface area contributed by atoms with Crippen molar-refractivity contribution in [2.24, 2.45) is 0 Å². The third-order valence-corrected chi connectivity index (χ3v) is 6.15. The molecule has 0 aliphatic rings. The number of carbonyl (C=O) groups excluding carboxylic acids is 1. The maximum atomic E-state index is 13.3. The van der Waals surface area contributed by atoms with Gasteiger partial charge in [-0.15, -0.1) is 11.3 Å². The minimum absolute atomic E-state index is 0.105. The third-order valence-electron chi connectivity index (χ3n) is 4.17. The zero-order valence-electron chi connectivity index (χ0n) is 14.9. The Morgan fingerprint density at radius 3 is 2.86 bits per heavy atom. The van der Waals surface area contributed by atoms with Crippen molar-refractivity contribution in [3.8, 4) is 11.1 Å². The standard InChI is InChI=1S/C20H16FN3O2S2/c1-12(18(25)22-9-15-3-2-8-26-15)28-20-17-16(10-27-19(17)23-11-24-20)13-4-6-14(21)7-5-13/h2-8,10-12H,9H2,1H3,(H,22,25). The van der Waals surface area contributed by atoms with E-state index in [0.29, 0.717) is 12.3 Å². The van der Waals surface area contributed by atoms with E-state index in [2.05, 4.69) is 15.3 Å². The molecule has 0 spiro atoms. The van der Waals surface area contributed by atoms with Crippen LogP contribution in [0.25, 0.3) is 21.3 Å². The first kappa shape index (κ1) is 18.6. The molecule has 0 saturated carbocycles. The zero-order chi connectivity index (χ0) is 19.5. The Labute approximate surface area is 169 Å². The van der Waals surface area contributed by atoms with Crippen molar-refractivity contribution < 1.29 is 13.6 Å². The number of halogens is 1. The van der Waals surface area contributed by atoms with E-state index in [9.17, 15) is 9.18 Å². The number of carbonyl (C=O) groups is 1. The number of furan rings is 1. The Kier molecular flexibility index (Phi) is 5.40. The van der Waals surface area contributed by atoms with Gasteiger partial charge in [-0.25, -0.2) is 14.4 Å². The van der Waals surface area contributed by atoms with Crippen molar-refractivity contribution in [3.63, 3.8) is 0 Å². The average molecular weight is 413 g/mol. The SMILES string of the molecule is CC(Sc1ncnc2scc(-c3ccc(F)cc3)c12)C(=O)NCc1ccco1. The lowest BCUT2D eigenvalue weighted by molar-refractivity contribution is -0.120. The maximum absolute atomic E-state index is 13.3. The molecule has 3 heterocycles. The predicted octanol–water partition coefficient (Wildman–Crippen LogP) is 4.89. The van der Waals surface area contributed by atoms with Gasteiger partial charge in [-0.2, -0.15) is 0 Å². The van der Waals surface area contributed by atoms with Crippen molar-refractivity contribution in [3.05, 3.63) is 65.9 Å². The number of nitrogens with zero attached hydrogens (tertiary/aromatic N) is 2. The quantitative estimate of drug-likeness (QED) is 0.360. The molecular formula is C20H16FN3O2S2. The van der Waals surface area contributed by atoms with Crippen molar-refractivity contribution in [1.82, 2.24) is 15.3 Å². The first-order valence-corrected chi connectivity index (χ1v) is 10.3. The van der Waals surface area contributed by atoms with Crippen LogP contribution in [0, 0.1) is 5.82 Å². The molecule has 142 valence electrons. The van der Waals surface area contributed by atoms with E-state index < -0.39 is 0 Å². The predicted molar refractivity (Wildman–Crippen MR) is 109 cm³/mol. The van der Waals surface area contributed by atoms with Gasteiger partial charge in [-0.1, -0.05) is 23.9 Å². The summed E-state index contributed by atoms with van der Waals surface area (Å²) in [5.41, 5.74) is 1.82. The summed E-state index contributed by atoms with van der Waals surface area (Å²) in [6, 6.07) is 9.92. The lowest BCUT2D eigenvalue weighted by atomic mass is 10.1. The fraction of sp³-hybridized carbons (Fsp3) is 0.150. The molecule has 5 nitrogen and oxygen atoms in total. The van der Waals surface area contributed by atoms with E-state index in [1.807, 2.05) is 18.4 Å². The van der Waals surface area contributed by atoms with E-state index >= 15 is 0 Å². The summed E-state index contributed by atoms with van der Waals surface area (Å²) in [5.74, 6) is 0.314. The number of hydrogen-bond acceptors (Lipinski definition) is 6. The highest BCUT2D eigenvalue weighted by Gasteiger charge is 2.20. The Morgan fingerprint density at radius 2 is 2.11 bits per heavy atom. The summed E-state index contributed by atoms with van der Waals surface area (Å²) < 4.78 is 18.5. The molecule has 0 saturated heterocycles.